The van der Waals surface area contributed by atoms with Gasteiger partial charge in [0, 0.05) is 24.4 Å². The van der Waals surface area contributed by atoms with E-state index >= 15 is 0 Å². The van der Waals surface area contributed by atoms with Gasteiger partial charge in [-0.2, -0.15) is 0 Å². The summed E-state index contributed by atoms with van der Waals surface area (Å²) in [6, 6.07) is 19.1. The van der Waals surface area contributed by atoms with Gasteiger partial charge in [-0.1, -0.05) is 30.3 Å². The number of carbonyl (C=O) groups excluding carboxylic acids is 1. The number of anilines is 2. The summed E-state index contributed by atoms with van der Waals surface area (Å²) < 4.78 is 10.6. The first-order chi connectivity index (χ1) is 14.2. The largest absolute Gasteiger partial charge is 0.497 e. The molecule has 29 heavy (non-hydrogen) atoms. The van der Waals surface area contributed by atoms with Gasteiger partial charge in [-0.05, 0) is 42.7 Å². The minimum atomic E-state index is -0.124. The molecule has 0 atom stereocenters. The second-order valence-corrected chi connectivity index (χ2v) is 6.47. The number of nitrogens with one attached hydrogen (secondary N) is 2. The van der Waals surface area contributed by atoms with Gasteiger partial charge in [-0.15, -0.1) is 0 Å². The van der Waals surface area contributed by atoms with Crippen LogP contribution < -0.4 is 20.1 Å². The molecule has 3 rings (SSSR count). The SMILES string of the molecule is COc1ccc(OC)c(Nc2cc(C(=O)NCCCc3ccccc3)ccn2)c1. The standard InChI is InChI=1S/C23H25N3O3/c1-28-19-10-11-21(29-2)20(16-19)26-22-15-18(12-14-24-22)23(27)25-13-6-9-17-7-4-3-5-8-17/h3-5,7-8,10-12,14-16H,6,9,13H2,1-2H3,(H,24,26)(H,25,27). The molecule has 0 aliphatic heterocycles. The third kappa shape index (κ3) is 5.72. The number of amides is 1. The van der Waals surface area contributed by atoms with Crippen LogP contribution in [0.15, 0.2) is 66.9 Å². The Morgan fingerprint density at radius 3 is 2.59 bits per heavy atom. The number of ether oxygens (including phenoxy) is 2. The highest BCUT2D eigenvalue weighted by Gasteiger charge is 2.09. The highest BCUT2D eigenvalue weighted by molar-refractivity contribution is 5.94. The van der Waals surface area contributed by atoms with Crippen molar-refractivity contribution in [2.45, 2.75) is 12.8 Å². The molecule has 0 unspecified atom stereocenters. The Morgan fingerprint density at radius 2 is 1.83 bits per heavy atom. The molecule has 0 radical (unpaired) electrons. The lowest BCUT2D eigenvalue weighted by molar-refractivity contribution is 0.0953. The number of pyridine rings is 1. The predicted molar refractivity (Wildman–Crippen MR) is 114 cm³/mol. The number of aryl methyl sites for hydroxylation is 1. The van der Waals surface area contributed by atoms with Crippen molar-refractivity contribution in [3.05, 3.63) is 78.0 Å². The van der Waals surface area contributed by atoms with Crippen LogP contribution in [0.1, 0.15) is 22.3 Å². The van der Waals surface area contributed by atoms with Gasteiger partial charge in [-0.25, -0.2) is 4.98 Å². The summed E-state index contributed by atoms with van der Waals surface area (Å²) in [5, 5.41) is 6.15. The second-order valence-electron chi connectivity index (χ2n) is 6.47. The summed E-state index contributed by atoms with van der Waals surface area (Å²) in [5.41, 5.74) is 2.52. The first-order valence-electron chi connectivity index (χ1n) is 9.47. The molecule has 0 bridgehead atoms. The predicted octanol–water partition coefficient (Wildman–Crippen LogP) is 4.21. The number of methoxy groups -OCH3 is 2. The van der Waals surface area contributed by atoms with Gasteiger partial charge in [0.25, 0.3) is 5.91 Å². The van der Waals surface area contributed by atoms with Crippen LogP contribution in [-0.2, 0) is 6.42 Å². The normalized spacial score (nSPS) is 10.3. The molecule has 6 heteroatoms. The maximum absolute atomic E-state index is 12.5. The van der Waals surface area contributed by atoms with Gasteiger partial charge in [0.05, 0.1) is 19.9 Å². The number of hydrogen-bond donors (Lipinski definition) is 2. The lowest BCUT2D eigenvalue weighted by Gasteiger charge is -2.13. The number of rotatable bonds is 9. The zero-order chi connectivity index (χ0) is 20.5. The van der Waals surface area contributed by atoms with E-state index in [0.29, 0.717) is 35.1 Å². The molecular formula is C23H25N3O3. The van der Waals surface area contributed by atoms with Crippen molar-refractivity contribution in [2.75, 3.05) is 26.1 Å². The molecule has 0 aliphatic rings. The number of carbonyl (C=O) groups is 1. The lowest BCUT2D eigenvalue weighted by Crippen LogP contribution is -2.24. The number of nitrogens with zero attached hydrogens (tertiary/aromatic N) is 1. The van der Waals surface area contributed by atoms with E-state index < -0.39 is 0 Å². The summed E-state index contributed by atoms with van der Waals surface area (Å²) >= 11 is 0. The van der Waals surface area contributed by atoms with E-state index in [1.807, 2.05) is 36.4 Å². The zero-order valence-electron chi connectivity index (χ0n) is 16.6. The van der Waals surface area contributed by atoms with E-state index in [1.54, 1.807) is 32.5 Å². The van der Waals surface area contributed by atoms with Gasteiger partial charge in [0.1, 0.15) is 17.3 Å². The molecule has 150 valence electrons. The van der Waals surface area contributed by atoms with Gasteiger partial charge >= 0.3 is 0 Å². The quantitative estimate of drug-likeness (QED) is 0.535. The van der Waals surface area contributed by atoms with E-state index in [1.165, 1.54) is 5.56 Å². The van der Waals surface area contributed by atoms with Crippen LogP contribution >= 0.6 is 0 Å². The molecular weight excluding hydrogens is 366 g/mol. The second kappa shape index (κ2) is 10.1. The minimum absolute atomic E-state index is 0.124. The fourth-order valence-corrected chi connectivity index (χ4v) is 2.93. The molecule has 0 saturated carbocycles. The Kier molecular flexibility index (Phi) is 7.05. The first-order valence-corrected chi connectivity index (χ1v) is 9.47. The van der Waals surface area contributed by atoms with Crippen molar-refractivity contribution in [1.29, 1.82) is 0 Å². The number of hydrogen-bond acceptors (Lipinski definition) is 5. The minimum Gasteiger partial charge on any atom is -0.497 e. The Labute approximate surface area is 170 Å². The van der Waals surface area contributed by atoms with Gasteiger partial charge in [-0.3, -0.25) is 4.79 Å². The number of benzene rings is 2. The molecule has 2 aromatic carbocycles. The summed E-state index contributed by atoms with van der Waals surface area (Å²) in [7, 11) is 3.20. The van der Waals surface area contributed by atoms with Crippen LogP contribution in [0.3, 0.4) is 0 Å². The highest BCUT2D eigenvalue weighted by atomic mass is 16.5. The maximum Gasteiger partial charge on any atom is 0.251 e. The summed E-state index contributed by atoms with van der Waals surface area (Å²) in [5.74, 6) is 1.78. The third-order valence-corrected chi connectivity index (χ3v) is 4.46. The fourth-order valence-electron chi connectivity index (χ4n) is 2.93. The van der Waals surface area contributed by atoms with Crippen molar-refractivity contribution in [1.82, 2.24) is 10.3 Å². The Balaban J connectivity index is 1.59. The molecule has 0 fully saturated rings. The van der Waals surface area contributed by atoms with Crippen LogP contribution in [-0.4, -0.2) is 31.7 Å². The maximum atomic E-state index is 12.5. The van der Waals surface area contributed by atoms with Crippen molar-refractivity contribution >= 4 is 17.4 Å². The molecule has 6 nitrogen and oxygen atoms in total. The van der Waals surface area contributed by atoms with E-state index in [2.05, 4.69) is 27.8 Å². The van der Waals surface area contributed by atoms with Crippen molar-refractivity contribution < 1.29 is 14.3 Å². The van der Waals surface area contributed by atoms with Gasteiger partial charge in [0.2, 0.25) is 0 Å². The van der Waals surface area contributed by atoms with Crippen LogP contribution in [0, 0.1) is 0 Å². The molecule has 0 spiro atoms. The summed E-state index contributed by atoms with van der Waals surface area (Å²) in [6.45, 7) is 0.614. The van der Waals surface area contributed by atoms with E-state index in [-0.39, 0.29) is 5.91 Å². The fraction of sp³-hybridized carbons (Fsp3) is 0.217. The molecule has 0 saturated heterocycles. The average Bonchev–Trinajstić information content (AvgIpc) is 2.77. The average molecular weight is 391 g/mol. The van der Waals surface area contributed by atoms with Gasteiger partial charge in [0.15, 0.2) is 0 Å². The Hall–Kier alpha value is -3.54. The van der Waals surface area contributed by atoms with Crippen LogP contribution in [0.2, 0.25) is 0 Å². The molecule has 1 aromatic heterocycles. The molecule has 1 heterocycles. The topological polar surface area (TPSA) is 72.5 Å². The Bertz CT molecular complexity index is 945. The highest BCUT2D eigenvalue weighted by Crippen LogP contribution is 2.31. The van der Waals surface area contributed by atoms with Crippen molar-refractivity contribution in [3.63, 3.8) is 0 Å². The summed E-state index contributed by atoms with van der Waals surface area (Å²) in [4.78, 5) is 16.8. The van der Waals surface area contributed by atoms with E-state index in [4.69, 9.17) is 9.47 Å². The van der Waals surface area contributed by atoms with Crippen LogP contribution in [0.4, 0.5) is 11.5 Å². The zero-order valence-corrected chi connectivity index (χ0v) is 16.6. The van der Waals surface area contributed by atoms with E-state index in [0.717, 1.165) is 12.8 Å². The molecule has 0 aliphatic carbocycles. The van der Waals surface area contributed by atoms with Crippen molar-refractivity contribution in [2.24, 2.45) is 0 Å². The first kappa shape index (κ1) is 20.2. The van der Waals surface area contributed by atoms with Crippen LogP contribution in [0.25, 0.3) is 0 Å². The van der Waals surface area contributed by atoms with Gasteiger partial charge < -0.3 is 20.1 Å². The molecule has 1 amide bonds. The number of aromatic nitrogens is 1. The van der Waals surface area contributed by atoms with Crippen LogP contribution in [0.5, 0.6) is 11.5 Å². The van der Waals surface area contributed by atoms with Crippen molar-refractivity contribution in [3.8, 4) is 11.5 Å². The lowest BCUT2D eigenvalue weighted by atomic mass is 10.1. The smallest absolute Gasteiger partial charge is 0.251 e. The monoisotopic (exact) mass is 391 g/mol. The third-order valence-electron chi connectivity index (χ3n) is 4.46. The Morgan fingerprint density at radius 1 is 1.00 bits per heavy atom. The van der Waals surface area contributed by atoms with E-state index in [9.17, 15) is 4.79 Å². The summed E-state index contributed by atoms with van der Waals surface area (Å²) in [6.07, 6.45) is 3.42. The molecule has 3 aromatic rings. The molecule has 2 N–H and O–H groups in total.